The fraction of sp³-hybridized carbons (Fsp3) is 0.889. The van der Waals surface area contributed by atoms with Gasteiger partial charge in [0.2, 0.25) is 0 Å². The van der Waals surface area contributed by atoms with Crippen LogP contribution in [-0.4, -0.2) is 19.6 Å². The van der Waals surface area contributed by atoms with E-state index in [1.54, 1.807) is 0 Å². The third-order valence-electron chi connectivity index (χ3n) is 1.71. The third-order valence-corrected chi connectivity index (χ3v) is 3.10. The van der Waals surface area contributed by atoms with Crippen molar-refractivity contribution in [2.45, 2.75) is 51.3 Å². The van der Waals surface area contributed by atoms with Gasteiger partial charge in [-0.2, -0.15) is 0 Å². The Balaban J connectivity index is 2.95. The van der Waals surface area contributed by atoms with Gasteiger partial charge < -0.3 is 0 Å². The molecule has 0 saturated heterocycles. The molecule has 0 aliphatic carbocycles. The quantitative estimate of drug-likeness (QED) is 0.477. The van der Waals surface area contributed by atoms with Crippen LogP contribution in [0.15, 0.2) is 0 Å². The summed E-state index contributed by atoms with van der Waals surface area (Å²) in [7, 11) is 0. The standard InChI is InChI=1S/C9H18OSe/c1-3-4-5-6-7-8-9(10)11-2/h3-8H2,1-2H3. The molecular weight excluding hydrogens is 203 g/mol. The first kappa shape index (κ1) is 11.2. The summed E-state index contributed by atoms with van der Waals surface area (Å²) in [5.41, 5.74) is 0. The van der Waals surface area contributed by atoms with Crippen LogP contribution in [0.25, 0.3) is 0 Å². The van der Waals surface area contributed by atoms with E-state index in [0.717, 1.165) is 12.8 Å². The molecule has 0 aromatic heterocycles. The minimum absolute atomic E-state index is 0.241. The van der Waals surface area contributed by atoms with Gasteiger partial charge in [0.15, 0.2) is 0 Å². The Hall–Kier alpha value is 0.189. The molecule has 0 aliphatic heterocycles. The second kappa shape index (κ2) is 8.29. The second-order valence-electron chi connectivity index (χ2n) is 2.74. The minimum atomic E-state index is 0.241. The first-order valence-corrected chi connectivity index (χ1v) is 6.95. The molecule has 0 aliphatic rings. The molecule has 0 rings (SSSR count). The zero-order valence-electron chi connectivity index (χ0n) is 7.56. The van der Waals surface area contributed by atoms with Crippen molar-refractivity contribution in [1.82, 2.24) is 0 Å². The topological polar surface area (TPSA) is 17.1 Å². The van der Waals surface area contributed by atoms with Crippen molar-refractivity contribution in [3.63, 3.8) is 0 Å². The van der Waals surface area contributed by atoms with Crippen LogP contribution in [0.3, 0.4) is 0 Å². The monoisotopic (exact) mass is 222 g/mol. The van der Waals surface area contributed by atoms with Crippen LogP contribution in [-0.2, 0) is 4.79 Å². The van der Waals surface area contributed by atoms with E-state index in [-0.39, 0.29) is 15.0 Å². The Morgan fingerprint density at radius 3 is 2.36 bits per heavy atom. The number of hydrogen-bond donors (Lipinski definition) is 0. The van der Waals surface area contributed by atoms with E-state index in [1.807, 2.05) is 5.82 Å². The normalized spacial score (nSPS) is 10.0. The SMILES string of the molecule is CCCCCCCC(=O)[Se]C. The number of carbonyl (C=O) groups is 1. The maximum absolute atomic E-state index is 10.9. The molecule has 0 N–H and O–H groups in total. The van der Waals surface area contributed by atoms with Crippen LogP contribution >= 0.6 is 0 Å². The number of hydrogen-bond acceptors (Lipinski definition) is 1. The maximum atomic E-state index is 10.9. The number of carbonyl (C=O) groups excluding carboxylic acids is 1. The first-order chi connectivity index (χ1) is 5.31. The summed E-state index contributed by atoms with van der Waals surface area (Å²) in [4.78, 5) is 10.9. The Morgan fingerprint density at radius 1 is 1.18 bits per heavy atom. The second-order valence-corrected chi connectivity index (χ2v) is 4.55. The Bertz CT molecular complexity index is 102. The van der Waals surface area contributed by atoms with Crippen molar-refractivity contribution in [3.05, 3.63) is 0 Å². The van der Waals surface area contributed by atoms with Gasteiger partial charge in [0.05, 0.1) is 0 Å². The molecule has 0 atom stereocenters. The van der Waals surface area contributed by atoms with Crippen molar-refractivity contribution in [2.24, 2.45) is 0 Å². The fourth-order valence-corrected chi connectivity index (χ4v) is 1.71. The summed E-state index contributed by atoms with van der Waals surface area (Å²) in [5, 5.41) is 0. The molecule has 0 fully saturated rings. The molecule has 0 amide bonds. The molecular formula is C9H18OSe. The average molecular weight is 221 g/mol. The molecule has 0 saturated carbocycles. The van der Waals surface area contributed by atoms with E-state index in [4.69, 9.17) is 0 Å². The van der Waals surface area contributed by atoms with Crippen LogP contribution in [0.1, 0.15) is 45.4 Å². The van der Waals surface area contributed by atoms with Crippen molar-refractivity contribution >= 4 is 19.6 Å². The van der Waals surface area contributed by atoms with E-state index in [1.165, 1.54) is 25.7 Å². The Morgan fingerprint density at radius 2 is 1.82 bits per heavy atom. The van der Waals surface area contributed by atoms with Crippen molar-refractivity contribution in [3.8, 4) is 0 Å². The van der Waals surface area contributed by atoms with Crippen molar-refractivity contribution in [2.75, 3.05) is 0 Å². The van der Waals surface area contributed by atoms with Gasteiger partial charge >= 0.3 is 75.7 Å². The van der Waals surface area contributed by atoms with Crippen molar-refractivity contribution in [1.29, 1.82) is 0 Å². The first-order valence-electron chi connectivity index (χ1n) is 4.38. The van der Waals surface area contributed by atoms with Gasteiger partial charge in [0.25, 0.3) is 0 Å². The van der Waals surface area contributed by atoms with E-state index < -0.39 is 0 Å². The number of rotatable bonds is 7. The molecule has 0 aromatic carbocycles. The summed E-state index contributed by atoms with van der Waals surface area (Å²) >= 11 is 0.241. The molecule has 2 heteroatoms. The van der Waals surface area contributed by atoms with Crippen LogP contribution in [0.4, 0.5) is 0 Å². The van der Waals surface area contributed by atoms with E-state index in [9.17, 15) is 4.79 Å². The zero-order valence-corrected chi connectivity index (χ0v) is 9.27. The summed E-state index contributed by atoms with van der Waals surface area (Å²) in [5.74, 6) is 2.00. The zero-order chi connectivity index (χ0) is 8.53. The van der Waals surface area contributed by atoms with Gasteiger partial charge in [0, 0.05) is 0 Å². The van der Waals surface area contributed by atoms with Gasteiger partial charge in [0.1, 0.15) is 0 Å². The molecule has 66 valence electrons. The molecule has 0 unspecified atom stereocenters. The Labute approximate surface area is 76.1 Å². The van der Waals surface area contributed by atoms with Crippen LogP contribution in [0, 0.1) is 0 Å². The molecule has 0 radical (unpaired) electrons. The predicted molar refractivity (Wildman–Crippen MR) is 50.0 cm³/mol. The molecule has 11 heavy (non-hydrogen) atoms. The predicted octanol–water partition coefficient (Wildman–Crippen LogP) is 2.63. The average Bonchev–Trinajstić information content (AvgIpc) is 2.04. The van der Waals surface area contributed by atoms with Crippen LogP contribution in [0.2, 0.25) is 5.82 Å². The third kappa shape index (κ3) is 8.09. The molecule has 0 spiro atoms. The summed E-state index contributed by atoms with van der Waals surface area (Å²) < 4.78 is 0.481. The Kier molecular flexibility index (Phi) is 8.43. The van der Waals surface area contributed by atoms with Crippen LogP contribution < -0.4 is 0 Å². The van der Waals surface area contributed by atoms with Crippen LogP contribution in [0.5, 0.6) is 0 Å². The van der Waals surface area contributed by atoms with Gasteiger partial charge in [-0.05, 0) is 0 Å². The van der Waals surface area contributed by atoms with E-state index in [0.29, 0.717) is 4.68 Å². The van der Waals surface area contributed by atoms with E-state index in [2.05, 4.69) is 6.92 Å². The van der Waals surface area contributed by atoms with Crippen molar-refractivity contribution < 1.29 is 4.79 Å². The van der Waals surface area contributed by atoms with E-state index >= 15 is 0 Å². The summed E-state index contributed by atoms with van der Waals surface area (Å²) in [6, 6.07) is 0. The fourth-order valence-electron chi connectivity index (χ4n) is 0.975. The summed E-state index contributed by atoms with van der Waals surface area (Å²) in [6.45, 7) is 2.21. The number of unbranched alkanes of at least 4 members (excludes halogenated alkanes) is 4. The molecule has 0 heterocycles. The molecule has 1 nitrogen and oxygen atoms in total. The molecule has 0 aromatic rings. The van der Waals surface area contributed by atoms with Gasteiger partial charge in [-0.25, -0.2) is 0 Å². The molecule has 0 bridgehead atoms. The van der Waals surface area contributed by atoms with Gasteiger partial charge in [-0.15, -0.1) is 0 Å². The van der Waals surface area contributed by atoms with Gasteiger partial charge in [-0.1, -0.05) is 0 Å². The summed E-state index contributed by atoms with van der Waals surface area (Å²) in [6.07, 6.45) is 7.11. The van der Waals surface area contributed by atoms with Gasteiger partial charge in [-0.3, -0.25) is 0 Å².